The van der Waals surface area contributed by atoms with Crippen LogP contribution in [0.25, 0.3) is 11.0 Å². The van der Waals surface area contributed by atoms with Crippen LogP contribution in [0.1, 0.15) is 5.56 Å². The molecule has 0 radical (unpaired) electrons. The predicted octanol–water partition coefficient (Wildman–Crippen LogP) is 0.699. The van der Waals surface area contributed by atoms with E-state index in [0.29, 0.717) is 18.1 Å². The molecule has 7 heteroatoms. The van der Waals surface area contributed by atoms with Gasteiger partial charge in [-0.2, -0.15) is 0 Å². The first-order valence-electron chi connectivity index (χ1n) is 7.17. The number of fused-ring (bicyclic) bond motifs is 1. The molecule has 4 N–H and O–H groups in total. The highest BCUT2D eigenvalue weighted by Crippen LogP contribution is 2.25. The topological polar surface area (TPSA) is 91.1 Å². The second-order valence-corrected chi connectivity index (χ2v) is 6.57. The number of aromatic nitrogens is 3. The van der Waals surface area contributed by atoms with Gasteiger partial charge in [0.05, 0.1) is 17.4 Å². The number of β-amino-alcohol motifs (C(OH)–C–C–N with tert-alkyl or cyclic N) is 1. The molecule has 2 aromatic heterocycles. The Bertz CT molecular complexity index is 695. The normalized spacial score (nSPS) is 22.2. The van der Waals surface area contributed by atoms with Crippen LogP contribution in [0.15, 0.2) is 12.5 Å². The second kappa shape index (κ2) is 6.57. The molecule has 22 heavy (non-hydrogen) atoms. The maximum atomic E-state index is 10.2. The van der Waals surface area contributed by atoms with Crippen molar-refractivity contribution in [3.63, 3.8) is 0 Å². The van der Waals surface area contributed by atoms with Gasteiger partial charge in [0.15, 0.2) is 5.82 Å². The number of rotatable bonds is 5. The number of nitrogens with two attached hydrogens (primary N) is 1. The lowest BCUT2D eigenvalue weighted by Gasteiger charge is -2.14. The summed E-state index contributed by atoms with van der Waals surface area (Å²) < 4.78 is 0. The molecule has 6 nitrogen and oxygen atoms in total. The van der Waals surface area contributed by atoms with E-state index >= 15 is 0 Å². The Morgan fingerprint density at radius 2 is 2.36 bits per heavy atom. The van der Waals surface area contributed by atoms with Gasteiger partial charge in [-0.25, -0.2) is 9.97 Å². The molecule has 1 aliphatic heterocycles. The molecule has 0 saturated carbocycles. The monoisotopic (exact) mass is 317 g/mol. The molecule has 3 heterocycles. The zero-order valence-corrected chi connectivity index (χ0v) is 13.0. The van der Waals surface area contributed by atoms with Gasteiger partial charge in [0, 0.05) is 43.1 Å². The fourth-order valence-corrected chi connectivity index (χ4v) is 3.74. The van der Waals surface area contributed by atoms with Crippen LogP contribution in [0.2, 0.25) is 0 Å². The maximum absolute atomic E-state index is 10.2. The molecule has 1 fully saturated rings. The van der Waals surface area contributed by atoms with E-state index in [0.717, 1.165) is 35.4 Å². The van der Waals surface area contributed by atoms with Gasteiger partial charge in [-0.05, 0) is 0 Å². The Morgan fingerprint density at radius 3 is 3.18 bits per heavy atom. The average molecular weight is 317 g/mol. The van der Waals surface area contributed by atoms with Crippen molar-refractivity contribution in [1.82, 2.24) is 19.9 Å². The standard InChI is InChI=1S/C15H19N5OS/c1-2-3-22-8-11-6-20(7-12(11)21)5-10-4-17-14-13(10)18-9-19-15(14)16/h1,4,9,11-12,17,21H,3,5-8H2,(H2,16,18,19)/t11-,12+/m1/s1. The highest BCUT2D eigenvalue weighted by molar-refractivity contribution is 7.99. The summed E-state index contributed by atoms with van der Waals surface area (Å²) in [6.45, 7) is 2.28. The minimum Gasteiger partial charge on any atom is -0.391 e. The second-order valence-electron chi connectivity index (χ2n) is 5.54. The average Bonchev–Trinajstić information content (AvgIpc) is 3.05. The minimum absolute atomic E-state index is 0.267. The van der Waals surface area contributed by atoms with Crippen molar-refractivity contribution in [2.45, 2.75) is 12.6 Å². The Balaban J connectivity index is 1.66. The molecule has 0 spiro atoms. The Labute approximate surface area is 133 Å². The molecule has 1 saturated heterocycles. The summed E-state index contributed by atoms with van der Waals surface area (Å²) in [7, 11) is 0. The van der Waals surface area contributed by atoms with Crippen molar-refractivity contribution in [3.05, 3.63) is 18.1 Å². The summed E-state index contributed by atoms with van der Waals surface area (Å²) in [6, 6.07) is 0. The molecule has 116 valence electrons. The van der Waals surface area contributed by atoms with Crippen LogP contribution < -0.4 is 5.73 Å². The number of nitrogens with one attached hydrogen (secondary N) is 1. The van der Waals surface area contributed by atoms with E-state index in [-0.39, 0.29) is 12.0 Å². The molecule has 0 unspecified atom stereocenters. The van der Waals surface area contributed by atoms with Crippen LogP contribution in [0.4, 0.5) is 5.82 Å². The number of anilines is 1. The number of terminal acetylenes is 1. The summed E-state index contributed by atoms with van der Waals surface area (Å²) in [5.74, 6) is 4.93. The third-order valence-corrected chi connectivity index (χ3v) is 5.00. The summed E-state index contributed by atoms with van der Waals surface area (Å²) in [5.41, 5.74) is 8.54. The quantitative estimate of drug-likeness (QED) is 0.555. The molecular weight excluding hydrogens is 298 g/mol. The van der Waals surface area contributed by atoms with Gasteiger partial charge in [-0.1, -0.05) is 5.92 Å². The summed E-state index contributed by atoms with van der Waals surface area (Å²) in [5, 5.41) is 10.2. The van der Waals surface area contributed by atoms with Crippen molar-refractivity contribution in [2.24, 2.45) is 5.92 Å². The smallest absolute Gasteiger partial charge is 0.151 e. The highest BCUT2D eigenvalue weighted by atomic mass is 32.2. The highest BCUT2D eigenvalue weighted by Gasteiger charge is 2.31. The van der Waals surface area contributed by atoms with Crippen molar-refractivity contribution in [3.8, 4) is 12.3 Å². The van der Waals surface area contributed by atoms with E-state index in [9.17, 15) is 5.11 Å². The predicted molar refractivity (Wildman–Crippen MR) is 89.2 cm³/mol. The number of aliphatic hydroxyl groups is 1. The van der Waals surface area contributed by atoms with Crippen molar-refractivity contribution < 1.29 is 5.11 Å². The van der Waals surface area contributed by atoms with Crippen LogP contribution >= 0.6 is 11.8 Å². The number of likely N-dealkylation sites (tertiary alicyclic amines) is 1. The van der Waals surface area contributed by atoms with Gasteiger partial charge in [0.25, 0.3) is 0 Å². The van der Waals surface area contributed by atoms with Gasteiger partial charge >= 0.3 is 0 Å². The number of aromatic amines is 1. The van der Waals surface area contributed by atoms with E-state index in [1.807, 2.05) is 6.20 Å². The summed E-state index contributed by atoms with van der Waals surface area (Å²) in [4.78, 5) is 13.7. The molecule has 0 bridgehead atoms. The van der Waals surface area contributed by atoms with Crippen molar-refractivity contribution in [2.75, 3.05) is 30.3 Å². The molecule has 1 aliphatic rings. The minimum atomic E-state index is -0.296. The molecule has 2 aromatic rings. The maximum Gasteiger partial charge on any atom is 0.151 e. The van der Waals surface area contributed by atoms with E-state index in [2.05, 4.69) is 25.8 Å². The number of H-pyrrole nitrogens is 1. The molecule has 2 atom stereocenters. The van der Waals surface area contributed by atoms with Gasteiger partial charge in [-0.3, -0.25) is 4.90 Å². The number of hydrogen-bond donors (Lipinski definition) is 3. The molecule has 0 aliphatic carbocycles. The van der Waals surface area contributed by atoms with Crippen LogP contribution in [-0.4, -0.2) is 55.7 Å². The SMILES string of the molecule is C#CCSC[C@H]1CN(Cc2c[nH]c3c(N)ncnc23)C[C@@H]1O. The van der Waals surface area contributed by atoms with Crippen LogP contribution in [0, 0.1) is 18.3 Å². The zero-order chi connectivity index (χ0) is 15.5. The Morgan fingerprint density at radius 1 is 1.50 bits per heavy atom. The first kappa shape index (κ1) is 15.2. The Hall–Kier alpha value is -1.75. The van der Waals surface area contributed by atoms with Crippen molar-refractivity contribution >= 4 is 28.6 Å². The van der Waals surface area contributed by atoms with Crippen LogP contribution in [0.5, 0.6) is 0 Å². The van der Waals surface area contributed by atoms with Crippen molar-refractivity contribution in [1.29, 1.82) is 0 Å². The van der Waals surface area contributed by atoms with Gasteiger partial charge in [0.2, 0.25) is 0 Å². The molecular formula is C15H19N5OS. The molecule has 0 aromatic carbocycles. The fraction of sp³-hybridized carbons (Fsp3) is 0.467. The van der Waals surface area contributed by atoms with Gasteiger partial charge in [0.1, 0.15) is 11.8 Å². The largest absolute Gasteiger partial charge is 0.391 e. The lowest BCUT2D eigenvalue weighted by molar-refractivity contribution is 0.149. The third kappa shape index (κ3) is 3.04. The first-order valence-corrected chi connectivity index (χ1v) is 8.32. The number of nitrogens with zero attached hydrogens (tertiary/aromatic N) is 3. The van der Waals surface area contributed by atoms with Crippen LogP contribution in [-0.2, 0) is 6.54 Å². The van der Waals surface area contributed by atoms with E-state index in [1.165, 1.54) is 6.33 Å². The fourth-order valence-electron chi connectivity index (χ4n) is 2.88. The molecule has 3 rings (SSSR count). The third-order valence-electron chi connectivity index (χ3n) is 3.96. The van der Waals surface area contributed by atoms with Gasteiger partial charge in [-0.15, -0.1) is 18.2 Å². The number of aliphatic hydroxyl groups excluding tert-OH is 1. The van der Waals surface area contributed by atoms with E-state index in [4.69, 9.17) is 12.2 Å². The lowest BCUT2D eigenvalue weighted by atomic mass is 10.1. The van der Waals surface area contributed by atoms with E-state index in [1.54, 1.807) is 11.8 Å². The number of thioether (sulfide) groups is 1. The van der Waals surface area contributed by atoms with Crippen LogP contribution in [0.3, 0.4) is 0 Å². The summed E-state index contributed by atoms with van der Waals surface area (Å²) >= 11 is 1.70. The lowest BCUT2D eigenvalue weighted by Crippen LogP contribution is -2.21. The number of hydrogen-bond acceptors (Lipinski definition) is 6. The first-order chi connectivity index (χ1) is 10.7. The van der Waals surface area contributed by atoms with E-state index < -0.39 is 0 Å². The number of nitrogen functional groups attached to an aromatic ring is 1. The van der Waals surface area contributed by atoms with Gasteiger partial charge < -0.3 is 15.8 Å². The molecule has 0 amide bonds. The summed E-state index contributed by atoms with van der Waals surface area (Å²) in [6.07, 6.45) is 8.36. The Kier molecular flexibility index (Phi) is 4.52. The zero-order valence-electron chi connectivity index (χ0n) is 12.2.